The SMILES string of the molecule is c1ccc(-n2c3ccccc3c3c2c2ccccc2c2c4ccccc4n(-c4nc5c6c(cccc6n4)Oc4cc(-c6ccc7c(ccc8c7c7ccc9c%10ccccc%10n(-c%10nc%11c%12c(cccc%12n%10)Oc%10ccccc%10-%11)c9c7n8-c7ccccc7)c6)ccc4-5)c23)cc1. The van der Waals surface area contributed by atoms with E-state index in [1.165, 1.54) is 21.5 Å². The van der Waals surface area contributed by atoms with E-state index >= 15 is 0 Å². The van der Waals surface area contributed by atoms with Gasteiger partial charge in [0.25, 0.3) is 0 Å². The van der Waals surface area contributed by atoms with E-state index in [1.807, 2.05) is 42.5 Å². The molecule has 0 saturated carbocycles. The molecule has 0 spiro atoms. The molecule has 22 rings (SSSR count). The second kappa shape index (κ2) is 18.4. The van der Waals surface area contributed by atoms with E-state index in [0.29, 0.717) is 11.9 Å². The number of hydrogen-bond acceptors (Lipinski definition) is 6. The van der Waals surface area contributed by atoms with Crippen molar-refractivity contribution in [3.8, 4) is 79.9 Å². The average molecular weight is 1200 g/mol. The smallest absolute Gasteiger partial charge is 0.235 e. The quantitative estimate of drug-likeness (QED) is 0.171. The number of ether oxygens (including phenoxy) is 2. The molecule has 0 atom stereocenters. The van der Waals surface area contributed by atoms with Gasteiger partial charge in [-0.2, -0.15) is 0 Å². The highest BCUT2D eigenvalue weighted by Crippen LogP contribution is 2.52. The van der Waals surface area contributed by atoms with Crippen molar-refractivity contribution >= 4 is 131 Å². The van der Waals surface area contributed by atoms with Crippen molar-refractivity contribution < 1.29 is 9.47 Å². The Morgan fingerprint density at radius 2 is 0.734 bits per heavy atom. The molecule has 2 aliphatic rings. The van der Waals surface area contributed by atoms with E-state index < -0.39 is 0 Å². The maximum atomic E-state index is 6.97. The Balaban J connectivity index is 0.729. The summed E-state index contributed by atoms with van der Waals surface area (Å²) in [6, 6.07) is 99.5. The zero-order chi connectivity index (χ0) is 61.0. The maximum Gasteiger partial charge on any atom is 0.235 e. The number of rotatable bonds is 5. The summed E-state index contributed by atoms with van der Waals surface area (Å²) in [4.78, 5) is 22.1. The molecule has 14 aromatic carbocycles. The van der Waals surface area contributed by atoms with Crippen LogP contribution in [0.5, 0.6) is 23.0 Å². The molecule has 0 saturated heterocycles. The highest BCUT2D eigenvalue weighted by Gasteiger charge is 2.31. The Bertz CT molecular complexity index is 6800. The summed E-state index contributed by atoms with van der Waals surface area (Å²) in [7, 11) is 0. The third-order valence-corrected chi connectivity index (χ3v) is 19.9. The molecule has 0 amide bonds. The molecule has 0 unspecified atom stereocenters. The lowest BCUT2D eigenvalue weighted by Crippen LogP contribution is -2.07. The summed E-state index contributed by atoms with van der Waals surface area (Å²) >= 11 is 0. The summed E-state index contributed by atoms with van der Waals surface area (Å²) in [6.07, 6.45) is 0. The maximum absolute atomic E-state index is 6.97. The van der Waals surface area contributed by atoms with Gasteiger partial charge < -0.3 is 18.6 Å². The van der Waals surface area contributed by atoms with Crippen molar-refractivity contribution in [2.45, 2.75) is 0 Å². The molecule has 94 heavy (non-hydrogen) atoms. The Hall–Kier alpha value is -12.9. The van der Waals surface area contributed by atoms with E-state index in [4.69, 9.17) is 29.4 Å². The summed E-state index contributed by atoms with van der Waals surface area (Å²) in [5.41, 5.74) is 18.1. The first-order valence-electron chi connectivity index (χ1n) is 31.8. The molecule has 0 N–H and O–H groups in total. The fraction of sp³-hybridized carbons (Fsp3) is 0. The lowest BCUT2D eigenvalue weighted by atomic mass is 9.95. The molecule has 2 aliphatic heterocycles. The van der Waals surface area contributed by atoms with Gasteiger partial charge >= 0.3 is 0 Å². The van der Waals surface area contributed by atoms with Crippen LogP contribution in [0.25, 0.3) is 187 Å². The van der Waals surface area contributed by atoms with E-state index in [0.717, 1.165) is 177 Å². The van der Waals surface area contributed by atoms with Gasteiger partial charge in [-0.05, 0) is 130 Å². The molecule has 20 aromatic rings. The van der Waals surface area contributed by atoms with Gasteiger partial charge in [0.05, 0.1) is 77.3 Å². The van der Waals surface area contributed by atoms with Crippen LogP contribution in [-0.2, 0) is 0 Å². The minimum absolute atomic E-state index is 0.596. The number of para-hydroxylation sites is 6. The number of nitrogens with zero attached hydrogens (tertiary/aromatic N) is 8. The van der Waals surface area contributed by atoms with Crippen molar-refractivity contribution in [1.82, 2.24) is 38.2 Å². The van der Waals surface area contributed by atoms with Gasteiger partial charge in [-0.1, -0.05) is 176 Å². The van der Waals surface area contributed by atoms with Gasteiger partial charge in [0.1, 0.15) is 23.0 Å². The summed E-state index contributed by atoms with van der Waals surface area (Å²) in [5, 5.41) is 15.6. The van der Waals surface area contributed by atoms with Crippen molar-refractivity contribution in [3.05, 3.63) is 279 Å². The van der Waals surface area contributed by atoms with Gasteiger partial charge in [0.15, 0.2) is 0 Å². The molecule has 0 bridgehead atoms. The Labute approximate surface area is 534 Å². The van der Waals surface area contributed by atoms with Crippen molar-refractivity contribution in [2.75, 3.05) is 0 Å². The second-order valence-electron chi connectivity index (χ2n) is 24.8. The van der Waals surface area contributed by atoms with Crippen LogP contribution in [0.15, 0.2) is 279 Å². The minimum atomic E-state index is 0.596. The molecule has 10 nitrogen and oxygen atoms in total. The van der Waals surface area contributed by atoms with Gasteiger partial charge in [0, 0.05) is 71.0 Å². The molecule has 0 fully saturated rings. The van der Waals surface area contributed by atoms with Crippen LogP contribution < -0.4 is 9.47 Å². The predicted octanol–water partition coefficient (Wildman–Crippen LogP) is 21.5. The fourth-order valence-electron chi connectivity index (χ4n) is 16.1. The first-order valence-corrected chi connectivity index (χ1v) is 31.8. The summed E-state index contributed by atoms with van der Waals surface area (Å²) < 4.78 is 22.9. The first-order chi connectivity index (χ1) is 46.6. The third kappa shape index (κ3) is 6.61. The standard InChI is InChI=1S/C84H46N8O2/c1-3-19-50(20-4-1)89-65-32-14-11-27-58(65)74-79(89)55-25-8-7-24-54(55)73-57-26-10-15-33-66(57)92(82(73)74)84-86-63-30-18-36-70-76(63)78(88-84)60-41-38-48(46-71(60)94-70)47-37-40-52-49(45-47)39-44-67-72(52)61-43-42-56-53-23-9-13-31-64(53)91(80(56)81(61)90(67)51-21-5-2-6-22-51)83-85-62-29-17-35-69-75(62)77(87-83)59-28-12-16-34-68(59)93-69/h1-46H. The monoisotopic (exact) mass is 1200 g/mol. The first kappa shape index (κ1) is 49.9. The number of aromatic nitrogens is 8. The molecule has 0 aliphatic carbocycles. The van der Waals surface area contributed by atoms with Crippen LogP contribution in [-0.4, -0.2) is 38.2 Å². The Morgan fingerprint density at radius 1 is 0.245 bits per heavy atom. The van der Waals surface area contributed by atoms with Crippen LogP contribution in [0.2, 0.25) is 0 Å². The highest BCUT2D eigenvalue weighted by molar-refractivity contribution is 6.37. The molecule has 10 heteroatoms. The van der Waals surface area contributed by atoms with Gasteiger partial charge in [-0.15, -0.1) is 0 Å². The molecule has 0 radical (unpaired) electrons. The number of benzene rings is 14. The second-order valence-corrected chi connectivity index (χ2v) is 24.8. The fourth-order valence-corrected chi connectivity index (χ4v) is 16.1. The highest BCUT2D eigenvalue weighted by atomic mass is 16.5. The molecular weight excluding hydrogens is 1150 g/mol. The zero-order valence-electron chi connectivity index (χ0n) is 50.0. The minimum Gasteiger partial charge on any atom is -0.456 e. The summed E-state index contributed by atoms with van der Waals surface area (Å²) in [5.74, 6) is 4.19. The van der Waals surface area contributed by atoms with Crippen molar-refractivity contribution in [1.29, 1.82) is 0 Å². The van der Waals surface area contributed by atoms with Crippen molar-refractivity contribution in [3.63, 3.8) is 0 Å². The van der Waals surface area contributed by atoms with Crippen LogP contribution in [0.3, 0.4) is 0 Å². The normalized spacial score (nSPS) is 12.6. The van der Waals surface area contributed by atoms with Gasteiger partial charge in [0.2, 0.25) is 11.9 Å². The van der Waals surface area contributed by atoms with Crippen molar-refractivity contribution in [2.24, 2.45) is 0 Å². The lowest BCUT2D eigenvalue weighted by molar-refractivity contribution is 0.486. The predicted molar refractivity (Wildman–Crippen MR) is 381 cm³/mol. The topological polar surface area (TPSA) is 89.7 Å². The molecule has 8 heterocycles. The largest absolute Gasteiger partial charge is 0.456 e. The molecule has 6 aromatic heterocycles. The molecule has 434 valence electrons. The van der Waals surface area contributed by atoms with E-state index in [2.05, 4.69) is 255 Å². The zero-order valence-corrected chi connectivity index (χ0v) is 50.0. The van der Waals surface area contributed by atoms with Gasteiger partial charge in [-0.3, -0.25) is 9.13 Å². The van der Waals surface area contributed by atoms with Crippen LogP contribution in [0.4, 0.5) is 0 Å². The van der Waals surface area contributed by atoms with E-state index in [9.17, 15) is 0 Å². The van der Waals surface area contributed by atoms with Crippen LogP contribution in [0, 0.1) is 0 Å². The summed E-state index contributed by atoms with van der Waals surface area (Å²) in [6.45, 7) is 0. The number of fused-ring (bicyclic) bond motifs is 23. The Kier molecular flexibility index (Phi) is 9.75. The average Bonchev–Trinajstić information content (AvgIpc) is 1.52. The lowest BCUT2D eigenvalue weighted by Gasteiger charge is -2.22. The van der Waals surface area contributed by atoms with Crippen LogP contribution in [0.1, 0.15) is 0 Å². The Morgan fingerprint density at radius 3 is 1.45 bits per heavy atom. The third-order valence-electron chi connectivity index (χ3n) is 19.9. The number of hydrogen-bond donors (Lipinski definition) is 0. The van der Waals surface area contributed by atoms with Crippen LogP contribution >= 0.6 is 0 Å². The van der Waals surface area contributed by atoms with E-state index in [-0.39, 0.29) is 0 Å². The van der Waals surface area contributed by atoms with E-state index in [1.54, 1.807) is 0 Å². The van der Waals surface area contributed by atoms with Gasteiger partial charge in [-0.25, -0.2) is 19.9 Å². The molecular formula is C84H46N8O2.